The number of amides is 2. The average molecular weight is 536 g/mol. The molecular formula is C26H18F6N2O4. The van der Waals surface area contributed by atoms with E-state index in [-0.39, 0.29) is 24.5 Å². The number of fused-ring (bicyclic) bond motifs is 5. The van der Waals surface area contributed by atoms with Gasteiger partial charge in [-0.05, 0) is 49.4 Å². The zero-order valence-corrected chi connectivity index (χ0v) is 19.6. The highest BCUT2D eigenvalue weighted by Crippen LogP contribution is 2.59. The first kappa shape index (κ1) is 25.8. The van der Waals surface area contributed by atoms with Crippen LogP contribution in [0.25, 0.3) is 0 Å². The van der Waals surface area contributed by atoms with Crippen molar-refractivity contribution in [3.05, 3.63) is 71.3 Å². The molecule has 2 aromatic rings. The van der Waals surface area contributed by atoms with Gasteiger partial charge in [-0.3, -0.25) is 9.59 Å². The monoisotopic (exact) mass is 536 g/mol. The number of halogens is 6. The van der Waals surface area contributed by atoms with Crippen LogP contribution >= 0.6 is 0 Å². The molecule has 0 unspecified atom stereocenters. The van der Waals surface area contributed by atoms with E-state index in [1.165, 1.54) is 6.07 Å². The molecule has 0 aromatic heterocycles. The van der Waals surface area contributed by atoms with Gasteiger partial charge in [-0.2, -0.15) is 31.6 Å². The maximum atomic E-state index is 13.5. The molecule has 0 N–H and O–H groups in total. The fourth-order valence-corrected chi connectivity index (χ4v) is 5.47. The van der Waals surface area contributed by atoms with Crippen LogP contribution in [0.15, 0.2) is 54.6 Å². The van der Waals surface area contributed by atoms with Crippen LogP contribution in [-0.4, -0.2) is 29.6 Å². The van der Waals surface area contributed by atoms with Crippen LogP contribution in [0, 0.1) is 23.2 Å². The van der Waals surface area contributed by atoms with Gasteiger partial charge in [0.05, 0.1) is 52.5 Å². The normalized spacial score (nSPS) is 28.1. The fourth-order valence-electron chi connectivity index (χ4n) is 5.47. The highest BCUT2D eigenvalue weighted by Gasteiger charge is 2.72. The van der Waals surface area contributed by atoms with Crippen molar-refractivity contribution in [3.8, 4) is 11.8 Å². The van der Waals surface area contributed by atoms with Gasteiger partial charge in [0.2, 0.25) is 11.8 Å². The SMILES string of the molecule is C[C@@]12C=C[C@@](CCOc3ccc(C(F)(F)F)cc3)(O1)[C@H]1C(=O)N(c3ccc(C#N)c(C(F)(F)F)c3)C(=O)[C@H]12. The molecule has 3 aliphatic rings. The number of nitrogens with zero attached hydrogens (tertiary/aromatic N) is 2. The van der Waals surface area contributed by atoms with Crippen LogP contribution in [0.5, 0.6) is 5.75 Å². The van der Waals surface area contributed by atoms with Gasteiger partial charge in [-0.15, -0.1) is 0 Å². The number of alkyl halides is 6. The lowest BCUT2D eigenvalue weighted by Crippen LogP contribution is -2.42. The number of rotatable bonds is 5. The Kier molecular flexibility index (Phi) is 5.65. The fraction of sp³-hybridized carbons (Fsp3) is 0.346. The van der Waals surface area contributed by atoms with E-state index in [2.05, 4.69) is 0 Å². The van der Waals surface area contributed by atoms with Crippen molar-refractivity contribution in [1.29, 1.82) is 5.26 Å². The lowest BCUT2D eigenvalue weighted by Gasteiger charge is -2.29. The first-order valence-corrected chi connectivity index (χ1v) is 11.4. The number of carbonyl (C=O) groups is 2. The maximum Gasteiger partial charge on any atom is 0.417 e. The Balaban J connectivity index is 1.39. The summed E-state index contributed by atoms with van der Waals surface area (Å²) in [6.45, 7) is 1.52. The third kappa shape index (κ3) is 3.93. The Morgan fingerprint density at radius 2 is 1.63 bits per heavy atom. The molecule has 6 nitrogen and oxygen atoms in total. The van der Waals surface area contributed by atoms with E-state index in [1.807, 2.05) is 0 Å². The van der Waals surface area contributed by atoms with Gasteiger partial charge in [0.25, 0.3) is 0 Å². The third-order valence-corrected chi connectivity index (χ3v) is 7.19. The van der Waals surface area contributed by atoms with Crippen LogP contribution < -0.4 is 9.64 Å². The van der Waals surface area contributed by atoms with E-state index < -0.39 is 63.9 Å². The van der Waals surface area contributed by atoms with E-state index in [0.29, 0.717) is 11.0 Å². The summed E-state index contributed by atoms with van der Waals surface area (Å²) in [4.78, 5) is 27.6. The smallest absolute Gasteiger partial charge is 0.417 e. The molecule has 4 atom stereocenters. The Hall–Kier alpha value is -3.85. The van der Waals surface area contributed by atoms with Crippen LogP contribution in [0.1, 0.15) is 30.0 Å². The Morgan fingerprint density at radius 1 is 0.974 bits per heavy atom. The van der Waals surface area contributed by atoms with Crippen molar-refractivity contribution in [2.45, 2.75) is 36.9 Å². The Labute approximate surface area is 212 Å². The van der Waals surface area contributed by atoms with Gasteiger partial charge in [-0.25, -0.2) is 4.90 Å². The van der Waals surface area contributed by atoms with E-state index >= 15 is 0 Å². The molecular weight excluding hydrogens is 518 g/mol. The summed E-state index contributed by atoms with van der Waals surface area (Å²) in [5.41, 5.74) is -5.55. The van der Waals surface area contributed by atoms with Crippen molar-refractivity contribution < 1.29 is 45.4 Å². The van der Waals surface area contributed by atoms with Gasteiger partial charge in [0.15, 0.2) is 0 Å². The van der Waals surface area contributed by atoms with Crippen LogP contribution in [0.4, 0.5) is 32.0 Å². The Bertz CT molecular complexity index is 1390. The number of anilines is 1. The minimum Gasteiger partial charge on any atom is -0.493 e. The molecule has 2 fully saturated rings. The number of benzene rings is 2. The molecule has 12 heteroatoms. The molecule has 38 heavy (non-hydrogen) atoms. The van der Waals surface area contributed by atoms with E-state index in [9.17, 15) is 35.9 Å². The number of ether oxygens (including phenoxy) is 2. The van der Waals surface area contributed by atoms with E-state index in [4.69, 9.17) is 14.7 Å². The maximum absolute atomic E-state index is 13.5. The molecule has 2 bridgehead atoms. The summed E-state index contributed by atoms with van der Waals surface area (Å²) in [6, 6.07) is 8.13. The number of nitriles is 1. The largest absolute Gasteiger partial charge is 0.493 e. The van der Waals surface area contributed by atoms with Gasteiger partial charge >= 0.3 is 12.4 Å². The third-order valence-electron chi connectivity index (χ3n) is 7.19. The highest BCUT2D eigenvalue weighted by molar-refractivity contribution is 6.23. The summed E-state index contributed by atoms with van der Waals surface area (Å²) >= 11 is 0. The van der Waals surface area contributed by atoms with Gasteiger partial charge in [-0.1, -0.05) is 12.2 Å². The van der Waals surface area contributed by atoms with Gasteiger partial charge in [0, 0.05) is 6.42 Å². The topological polar surface area (TPSA) is 79.6 Å². The van der Waals surface area contributed by atoms with Crippen LogP contribution in [0.3, 0.4) is 0 Å². The molecule has 0 radical (unpaired) electrons. The van der Waals surface area contributed by atoms with Crippen molar-refractivity contribution in [2.24, 2.45) is 11.8 Å². The van der Waals surface area contributed by atoms with Crippen molar-refractivity contribution in [3.63, 3.8) is 0 Å². The van der Waals surface area contributed by atoms with Gasteiger partial charge in [0.1, 0.15) is 11.4 Å². The first-order valence-electron chi connectivity index (χ1n) is 11.4. The van der Waals surface area contributed by atoms with Crippen molar-refractivity contribution >= 4 is 17.5 Å². The second-order valence-corrected chi connectivity index (χ2v) is 9.50. The summed E-state index contributed by atoms with van der Waals surface area (Å²) in [6.07, 6.45) is -6.08. The van der Waals surface area contributed by atoms with E-state index in [1.54, 1.807) is 19.1 Å². The number of imide groups is 1. The van der Waals surface area contributed by atoms with Crippen LogP contribution in [-0.2, 0) is 26.7 Å². The standard InChI is InChI=1S/C26H18F6N2O4/c1-23-8-9-24(38-23,10-11-37-17-6-3-15(4-7-17)25(27,28)29)20-19(23)21(35)34(22(20)36)16-5-2-14(13-33)18(12-16)26(30,31)32/h2-9,12,19-20H,10-11H2,1H3/t19-,20+,23-,24-/m0/s1. The summed E-state index contributed by atoms with van der Waals surface area (Å²) in [5.74, 6) is -3.38. The molecule has 0 spiro atoms. The Morgan fingerprint density at radius 3 is 2.24 bits per heavy atom. The highest BCUT2D eigenvalue weighted by atomic mass is 19.4. The quantitative estimate of drug-likeness (QED) is 0.296. The molecule has 3 heterocycles. The number of hydrogen-bond donors (Lipinski definition) is 0. The van der Waals surface area contributed by atoms with Crippen molar-refractivity contribution in [1.82, 2.24) is 0 Å². The van der Waals surface area contributed by atoms with Gasteiger partial charge < -0.3 is 9.47 Å². The first-order chi connectivity index (χ1) is 17.7. The summed E-state index contributed by atoms with van der Waals surface area (Å²) < 4.78 is 90.5. The molecule has 5 rings (SSSR count). The molecule has 2 saturated heterocycles. The summed E-state index contributed by atoms with van der Waals surface area (Å²) in [7, 11) is 0. The molecule has 2 amide bonds. The second kappa shape index (κ2) is 8.33. The number of hydrogen-bond acceptors (Lipinski definition) is 5. The second-order valence-electron chi connectivity index (χ2n) is 9.50. The minimum absolute atomic E-state index is 0.0509. The lowest BCUT2D eigenvalue weighted by molar-refractivity contribution is -0.138. The average Bonchev–Trinajstić information content (AvgIpc) is 3.42. The zero-order valence-electron chi connectivity index (χ0n) is 19.6. The zero-order chi connectivity index (χ0) is 27.7. The minimum atomic E-state index is -4.88. The molecule has 0 aliphatic carbocycles. The molecule has 3 aliphatic heterocycles. The lowest BCUT2D eigenvalue weighted by atomic mass is 9.71. The predicted octanol–water partition coefficient (Wildman–Crippen LogP) is 5.27. The van der Waals surface area contributed by atoms with Crippen molar-refractivity contribution in [2.75, 3.05) is 11.5 Å². The molecule has 2 aromatic carbocycles. The number of carbonyl (C=O) groups excluding carboxylic acids is 2. The molecule has 0 saturated carbocycles. The molecule has 198 valence electrons. The van der Waals surface area contributed by atoms with E-state index in [0.717, 1.165) is 36.4 Å². The summed E-state index contributed by atoms with van der Waals surface area (Å²) in [5, 5.41) is 9.05. The predicted molar refractivity (Wildman–Crippen MR) is 119 cm³/mol. The van der Waals surface area contributed by atoms with Crippen LogP contribution in [0.2, 0.25) is 0 Å².